The molecule has 1 aromatic carbocycles. The van der Waals surface area contributed by atoms with Gasteiger partial charge >= 0.3 is 5.97 Å². The molecule has 0 saturated heterocycles. The quantitative estimate of drug-likeness (QED) is 0.257. The van der Waals surface area contributed by atoms with Crippen molar-refractivity contribution in [3.63, 3.8) is 0 Å². The summed E-state index contributed by atoms with van der Waals surface area (Å²) in [6.07, 6.45) is 11.4. The smallest absolute Gasteiger partial charge is 0.310 e. The van der Waals surface area contributed by atoms with Gasteiger partial charge in [0.05, 0.1) is 19.4 Å². The van der Waals surface area contributed by atoms with Gasteiger partial charge in [0.2, 0.25) is 0 Å². The number of benzene rings is 1. The summed E-state index contributed by atoms with van der Waals surface area (Å²) in [6, 6.07) is 5.80. The van der Waals surface area contributed by atoms with Gasteiger partial charge in [0, 0.05) is 5.56 Å². The third kappa shape index (κ3) is 6.22. The molecule has 0 radical (unpaired) electrons. The monoisotopic (exact) mass is 526 g/mol. The average Bonchev–Trinajstić information content (AvgIpc) is 2.88. The van der Waals surface area contributed by atoms with E-state index < -0.39 is 0 Å². The minimum atomic E-state index is -0.291. The Balaban J connectivity index is 0.00000320. The average molecular weight is 526 g/mol. The Morgan fingerprint density at radius 2 is 1.93 bits per heavy atom. The highest BCUT2D eigenvalue weighted by atomic mass is 127. The predicted molar refractivity (Wildman–Crippen MR) is 113 cm³/mol. The molecule has 0 spiro atoms. The van der Waals surface area contributed by atoms with Gasteiger partial charge in [0.15, 0.2) is 0 Å². The lowest BCUT2D eigenvalue weighted by molar-refractivity contribution is -0.680. The van der Waals surface area contributed by atoms with Crippen LogP contribution in [0.4, 0.5) is 0 Å². The number of halogens is 1. The second-order valence-corrected chi connectivity index (χ2v) is 8.56. The van der Waals surface area contributed by atoms with E-state index in [2.05, 4.69) is 23.0 Å². The Hall–Kier alpha value is -1.57. The highest BCUT2D eigenvalue weighted by Gasteiger charge is 2.21. The summed E-state index contributed by atoms with van der Waals surface area (Å²) in [4.78, 5) is 12.4. The van der Waals surface area contributed by atoms with Crippen LogP contribution >= 0.6 is 0 Å². The molecule has 1 saturated carbocycles. The number of carbonyl (C=O) groups is 1. The molecule has 2 aromatic rings. The van der Waals surface area contributed by atoms with Crippen LogP contribution in [0.5, 0.6) is 5.75 Å². The molecule has 1 heterocycles. The topological polar surface area (TPSA) is 55.3 Å². The molecule has 1 aromatic heterocycles. The first-order chi connectivity index (χ1) is 14.0. The van der Waals surface area contributed by atoms with Crippen LogP contribution in [-0.4, -0.2) is 22.2 Å². The number of phenols is 1. The van der Waals surface area contributed by atoms with Crippen LogP contribution in [0.3, 0.4) is 0 Å². The van der Waals surface area contributed by atoms with E-state index in [1.807, 2.05) is 37.6 Å². The van der Waals surface area contributed by atoms with Crippen molar-refractivity contribution in [1.82, 2.24) is 4.57 Å². The van der Waals surface area contributed by atoms with Gasteiger partial charge in [0.25, 0.3) is 5.82 Å². The lowest BCUT2D eigenvalue weighted by Crippen LogP contribution is -3.00. The number of aromatic hydroxyl groups is 1. The van der Waals surface area contributed by atoms with Crippen molar-refractivity contribution >= 4 is 5.97 Å². The van der Waals surface area contributed by atoms with Gasteiger partial charge in [-0.2, -0.15) is 0 Å². The number of imidazole rings is 1. The maximum absolute atomic E-state index is 12.4. The van der Waals surface area contributed by atoms with Crippen molar-refractivity contribution in [2.75, 3.05) is 6.61 Å². The molecule has 166 valence electrons. The first kappa shape index (κ1) is 24.7. The molecule has 0 bridgehead atoms. The number of hydrogen-bond donors (Lipinski definition) is 1. The van der Waals surface area contributed by atoms with E-state index in [4.69, 9.17) is 4.74 Å². The minimum Gasteiger partial charge on any atom is -1.00 e. The summed E-state index contributed by atoms with van der Waals surface area (Å²) in [6.45, 7) is 5.27. The number of rotatable bonds is 7. The Morgan fingerprint density at radius 3 is 2.60 bits per heavy atom. The highest BCUT2D eigenvalue weighted by Crippen LogP contribution is 2.37. The maximum Gasteiger partial charge on any atom is 0.310 e. The van der Waals surface area contributed by atoms with Crippen LogP contribution in [0.1, 0.15) is 81.2 Å². The second kappa shape index (κ2) is 11.7. The number of carbonyl (C=O) groups excluding carboxylic acids is 1. The molecular formula is C24H35IN2O3. The molecule has 1 aliphatic carbocycles. The fourth-order valence-corrected chi connectivity index (χ4v) is 4.60. The summed E-state index contributed by atoms with van der Waals surface area (Å²) >= 11 is 0. The van der Waals surface area contributed by atoms with Gasteiger partial charge in [-0.25, -0.2) is 9.13 Å². The number of ether oxygens (including phenoxy) is 1. The summed E-state index contributed by atoms with van der Waals surface area (Å²) < 4.78 is 9.70. The highest BCUT2D eigenvalue weighted by molar-refractivity contribution is 5.73. The van der Waals surface area contributed by atoms with Crippen molar-refractivity contribution in [1.29, 1.82) is 0 Å². The van der Waals surface area contributed by atoms with Crippen molar-refractivity contribution in [2.24, 2.45) is 7.05 Å². The SMILES string of the molecule is CC(C)c1n(CCOC(=O)Cc2cccc(C3CCCCCC3)c2O)cc[n+]1C.[I-]. The zero-order valence-electron chi connectivity index (χ0n) is 18.4. The van der Waals surface area contributed by atoms with Gasteiger partial charge in [-0.3, -0.25) is 4.79 Å². The molecule has 1 N–H and O–H groups in total. The van der Waals surface area contributed by atoms with Crippen LogP contribution in [-0.2, 0) is 29.5 Å². The van der Waals surface area contributed by atoms with E-state index in [1.165, 1.54) is 31.5 Å². The van der Waals surface area contributed by atoms with Crippen molar-refractivity contribution in [2.45, 2.75) is 77.2 Å². The molecule has 0 aliphatic heterocycles. The molecule has 0 atom stereocenters. The normalized spacial score (nSPS) is 14.9. The largest absolute Gasteiger partial charge is 1.00 e. The van der Waals surface area contributed by atoms with Crippen molar-refractivity contribution < 1.29 is 43.2 Å². The Morgan fingerprint density at radius 1 is 1.23 bits per heavy atom. The lowest BCUT2D eigenvalue weighted by Gasteiger charge is -2.18. The molecule has 1 fully saturated rings. The standard InChI is InChI=1S/C24H34N2O3.HI/c1-18(2)24-25(3)13-14-26(24)15-16-29-22(27)17-20-11-8-12-21(23(20)28)19-9-6-4-5-7-10-19;/h8,11-14,18-19H,4-7,9-10,15-17H2,1-3H3;1H. The Bertz CT molecular complexity index is 824. The summed E-state index contributed by atoms with van der Waals surface area (Å²) in [5, 5.41) is 10.8. The van der Waals surface area contributed by atoms with Crippen LogP contribution in [0.25, 0.3) is 0 Å². The fourth-order valence-electron chi connectivity index (χ4n) is 4.60. The Kier molecular flexibility index (Phi) is 9.65. The predicted octanol–water partition coefficient (Wildman–Crippen LogP) is 1.37. The molecule has 5 nitrogen and oxygen atoms in total. The van der Waals surface area contributed by atoms with Crippen LogP contribution in [0.2, 0.25) is 0 Å². The van der Waals surface area contributed by atoms with Gasteiger partial charge in [-0.05, 0) is 24.3 Å². The van der Waals surface area contributed by atoms with Gasteiger partial charge < -0.3 is 33.8 Å². The number of hydrogen-bond acceptors (Lipinski definition) is 3. The third-order valence-electron chi connectivity index (χ3n) is 6.02. The van der Waals surface area contributed by atoms with Crippen LogP contribution in [0.15, 0.2) is 30.6 Å². The Labute approximate surface area is 197 Å². The number of para-hydroxylation sites is 1. The zero-order chi connectivity index (χ0) is 20.8. The van der Waals surface area contributed by atoms with Crippen LogP contribution in [0, 0.1) is 0 Å². The molecule has 30 heavy (non-hydrogen) atoms. The van der Waals surface area contributed by atoms with E-state index in [1.54, 1.807) is 0 Å². The summed E-state index contributed by atoms with van der Waals surface area (Å²) in [5.74, 6) is 2.00. The molecule has 0 amide bonds. The maximum atomic E-state index is 12.4. The number of phenolic OH excluding ortho intramolecular Hbond substituents is 1. The third-order valence-corrected chi connectivity index (χ3v) is 6.02. The number of aromatic nitrogens is 2. The first-order valence-corrected chi connectivity index (χ1v) is 11.0. The van der Waals surface area contributed by atoms with E-state index in [9.17, 15) is 9.90 Å². The van der Waals surface area contributed by atoms with Gasteiger partial charge in [-0.1, -0.05) is 57.7 Å². The van der Waals surface area contributed by atoms with E-state index in [-0.39, 0.29) is 42.1 Å². The second-order valence-electron chi connectivity index (χ2n) is 8.56. The number of nitrogens with zero attached hydrogens (tertiary/aromatic N) is 2. The van der Waals surface area contributed by atoms with Crippen molar-refractivity contribution in [3.8, 4) is 5.75 Å². The first-order valence-electron chi connectivity index (χ1n) is 11.0. The zero-order valence-corrected chi connectivity index (χ0v) is 20.6. The fraction of sp³-hybridized carbons (Fsp3) is 0.583. The number of esters is 1. The number of aryl methyl sites for hydroxylation is 1. The van der Waals surface area contributed by atoms with Crippen LogP contribution < -0.4 is 28.5 Å². The molecule has 3 rings (SSSR count). The minimum absolute atomic E-state index is 0. The van der Waals surface area contributed by atoms with E-state index in [0.29, 0.717) is 30.6 Å². The molecule has 6 heteroatoms. The van der Waals surface area contributed by atoms with Gasteiger partial charge in [-0.15, -0.1) is 0 Å². The lowest BCUT2D eigenvalue weighted by atomic mass is 9.89. The van der Waals surface area contributed by atoms with Gasteiger partial charge in [0.1, 0.15) is 31.3 Å². The molecule has 1 aliphatic rings. The molecule has 0 unspecified atom stereocenters. The van der Waals surface area contributed by atoms with E-state index in [0.717, 1.165) is 18.4 Å². The van der Waals surface area contributed by atoms with E-state index >= 15 is 0 Å². The summed E-state index contributed by atoms with van der Waals surface area (Å²) in [7, 11) is 2.03. The summed E-state index contributed by atoms with van der Waals surface area (Å²) in [5.41, 5.74) is 1.67. The molecular weight excluding hydrogens is 491 g/mol. The van der Waals surface area contributed by atoms with Crippen molar-refractivity contribution in [3.05, 3.63) is 47.5 Å².